The summed E-state index contributed by atoms with van der Waals surface area (Å²) < 4.78 is 7.25. The first-order chi connectivity index (χ1) is 12.5. The Bertz CT molecular complexity index is 799. The lowest BCUT2D eigenvalue weighted by Crippen LogP contribution is -2.54. The van der Waals surface area contributed by atoms with E-state index in [1.807, 2.05) is 35.1 Å². The molecule has 1 saturated heterocycles. The van der Waals surface area contributed by atoms with Crippen LogP contribution in [0.2, 0.25) is 0 Å². The minimum absolute atomic E-state index is 0.0928. The van der Waals surface area contributed by atoms with Gasteiger partial charge in [0.1, 0.15) is 12.4 Å². The van der Waals surface area contributed by atoms with E-state index in [9.17, 15) is 14.7 Å². The third kappa shape index (κ3) is 4.19. The molecule has 8 heteroatoms. The zero-order valence-electron chi connectivity index (χ0n) is 14.7. The predicted octanol–water partition coefficient (Wildman–Crippen LogP) is 2.04. The Balaban J connectivity index is 1.81. The summed E-state index contributed by atoms with van der Waals surface area (Å²) >= 11 is 1.65. The molecule has 0 radical (unpaired) electrons. The Morgan fingerprint density at radius 2 is 2.08 bits per heavy atom. The molecule has 1 aromatic carbocycles. The number of amides is 1. The van der Waals surface area contributed by atoms with E-state index in [4.69, 9.17) is 4.74 Å². The number of imidazole rings is 1. The number of rotatable bonds is 7. The first-order valence-corrected chi connectivity index (χ1v) is 9.96. The summed E-state index contributed by atoms with van der Waals surface area (Å²) in [5.41, 5.74) is 1.03. The number of nitrogens with one attached hydrogen (secondary N) is 1. The Morgan fingerprint density at radius 3 is 2.77 bits per heavy atom. The van der Waals surface area contributed by atoms with E-state index in [1.54, 1.807) is 11.8 Å². The van der Waals surface area contributed by atoms with Crippen molar-refractivity contribution < 1.29 is 19.4 Å². The topological polar surface area (TPSA) is 93.5 Å². The lowest BCUT2D eigenvalue weighted by molar-refractivity contribution is -0.140. The number of aromatic nitrogens is 2. The first kappa shape index (κ1) is 18.7. The maximum absolute atomic E-state index is 12.8. The number of fused-ring (bicyclic) bond motifs is 1. The third-order valence-electron chi connectivity index (χ3n) is 4.65. The molecule has 2 N–H and O–H groups in total. The molecule has 2 aromatic rings. The van der Waals surface area contributed by atoms with Crippen molar-refractivity contribution >= 4 is 34.7 Å². The molecule has 1 aromatic heterocycles. The second-order valence-electron chi connectivity index (χ2n) is 6.55. The highest BCUT2D eigenvalue weighted by Gasteiger charge is 2.36. The van der Waals surface area contributed by atoms with Crippen molar-refractivity contribution in [3.63, 3.8) is 0 Å². The fraction of sp³-hybridized carbons (Fsp3) is 0.500. The summed E-state index contributed by atoms with van der Waals surface area (Å²) in [6, 6.07) is 7.72. The summed E-state index contributed by atoms with van der Waals surface area (Å²) in [5, 5.41) is 12.2. The lowest BCUT2D eigenvalue weighted by atomic mass is 9.86. The van der Waals surface area contributed by atoms with Gasteiger partial charge in [0.15, 0.2) is 0 Å². The first-order valence-electron chi connectivity index (χ1n) is 8.57. The van der Waals surface area contributed by atoms with E-state index in [1.165, 1.54) is 0 Å². The Hall–Kier alpha value is -2.06. The minimum atomic E-state index is -0.914. The van der Waals surface area contributed by atoms with Gasteiger partial charge in [0.25, 0.3) is 0 Å². The standard InChI is InChI=1S/C18H23N3O4S/c1-26-12-15-19-13-4-2-3-5-14(13)21(15)11-16(22)20-18(10-17(23)24)6-8-25-9-7-18/h2-5H,6-12H2,1H3,(H,20,22)(H,23,24). The fourth-order valence-electron chi connectivity index (χ4n) is 3.42. The van der Waals surface area contributed by atoms with E-state index in [2.05, 4.69) is 10.3 Å². The van der Waals surface area contributed by atoms with E-state index in [0.29, 0.717) is 31.8 Å². The molecule has 7 nitrogen and oxygen atoms in total. The van der Waals surface area contributed by atoms with E-state index >= 15 is 0 Å². The van der Waals surface area contributed by atoms with Crippen LogP contribution in [0.5, 0.6) is 0 Å². The molecule has 1 amide bonds. The largest absolute Gasteiger partial charge is 0.481 e. The van der Waals surface area contributed by atoms with Gasteiger partial charge in [0.05, 0.1) is 28.7 Å². The number of hydrogen-bond donors (Lipinski definition) is 2. The number of hydrogen-bond acceptors (Lipinski definition) is 5. The Morgan fingerprint density at radius 1 is 1.35 bits per heavy atom. The molecule has 0 saturated carbocycles. The van der Waals surface area contributed by atoms with Crippen molar-refractivity contribution in [1.82, 2.24) is 14.9 Å². The van der Waals surface area contributed by atoms with Gasteiger partial charge in [-0.05, 0) is 31.2 Å². The van der Waals surface area contributed by atoms with Crippen molar-refractivity contribution in [3.05, 3.63) is 30.1 Å². The Labute approximate surface area is 156 Å². The summed E-state index contributed by atoms with van der Waals surface area (Å²) in [6.45, 7) is 1.04. The molecule has 3 rings (SSSR count). The number of carbonyl (C=O) groups is 2. The van der Waals surface area contributed by atoms with Crippen LogP contribution in [0.4, 0.5) is 0 Å². The molecule has 1 aliphatic heterocycles. The molecule has 0 aliphatic carbocycles. The summed E-state index contributed by atoms with van der Waals surface area (Å²) in [4.78, 5) is 28.7. The van der Waals surface area contributed by atoms with Crippen LogP contribution in [0, 0.1) is 0 Å². The van der Waals surface area contributed by atoms with Crippen LogP contribution in [-0.4, -0.2) is 51.5 Å². The predicted molar refractivity (Wildman–Crippen MR) is 100 cm³/mol. The molecule has 0 unspecified atom stereocenters. The molecular weight excluding hydrogens is 354 g/mol. The SMILES string of the molecule is CSCc1nc2ccccc2n1CC(=O)NC1(CC(=O)O)CCOCC1. The number of nitrogens with zero attached hydrogens (tertiary/aromatic N) is 2. The van der Waals surface area contributed by atoms with Gasteiger partial charge < -0.3 is 19.7 Å². The zero-order valence-corrected chi connectivity index (χ0v) is 15.6. The van der Waals surface area contributed by atoms with Crippen molar-refractivity contribution in [1.29, 1.82) is 0 Å². The van der Waals surface area contributed by atoms with Crippen LogP contribution in [0.3, 0.4) is 0 Å². The summed E-state index contributed by atoms with van der Waals surface area (Å²) in [6.07, 6.45) is 2.92. The highest BCUT2D eigenvalue weighted by molar-refractivity contribution is 7.97. The minimum Gasteiger partial charge on any atom is -0.481 e. The van der Waals surface area contributed by atoms with Crippen molar-refractivity contribution in [2.24, 2.45) is 0 Å². The van der Waals surface area contributed by atoms with Crippen molar-refractivity contribution in [3.8, 4) is 0 Å². The highest BCUT2D eigenvalue weighted by Crippen LogP contribution is 2.25. The smallest absolute Gasteiger partial charge is 0.305 e. The van der Waals surface area contributed by atoms with E-state index in [-0.39, 0.29) is 18.9 Å². The molecule has 1 aliphatic rings. The van der Waals surface area contributed by atoms with Gasteiger partial charge in [-0.2, -0.15) is 11.8 Å². The maximum Gasteiger partial charge on any atom is 0.305 e. The fourth-order valence-corrected chi connectivity index (χ4v) is 3.90. The average molecular weight is 377 g/mol. The number of ether oxygens (including phenoxy) is 1. The van der Waals surface area contributed by atoms with Gasteiger partial charge in [0, 0.05) is 13.2 Å². The van der Waals surface area contributed by atoms with E-state index in [0.717, 1.165) is 16.9 Å². The second-order valence-corrected chi connectivity index (χ2v) is 7.41. The van der Waals surface area contributed by atoms with Gasteiger partial charge in [0.2, 0.25) is 5.91 Å². The number of thioether (sulfide) groups is 1. The summed E-state index contributed by atoms with van der Waals surface area (Å²) in [5.74, 6) is 0.436. The molecule has 140 valence electrons. The van der Waals surface area contributed by atoms with Gasteiger partial charge in [-0.15, -0.1) is 0 Å². The summed E-state index contributed by atoms with van der Waals surface area (Å²) in [7, 11) is 0. The monoisotopic (exact) mass is 377 g/mol. The molecule has 0 spiro atoms. The number of carboxylic acid groups (broad SMARTS) is 1. The molecule has 0 atom stereocenters. The maximum atomic E-state index is 12.8. The molecular formula is C18H23N3O4S. The number of benzene rings is 1. The van der Waals surface area contributed by atoms with Crippen LogP contribution < -0.4 is 5.32 Å². The Kier molecular flexibility index (Phi) is 5.83. The zero-order chi connectivity index (χ0) is 18.6. The average Bonchev–Trinajstić information content (AvgIpc) is 2.92. The van der Waals surface area contributed by atoms with Crippen LogP contribution in [0.25, 0.3) is 11.0 Å². The molecule has 2 heterocycles. The van der Waals surface area contributed by atoms with Gasteiger partial charge in [-0.25, -0.2) is 4.98 Å². The quantitative estimate of drug-likeness (QED) is 0.767. The number of para-hydroxylation sites is 2. The number of carbonyl (C=O) groups excluding carboxylic acids is 1. The second kappa shape index (κ2) is 8.09. The van der Waals surface area contributed by atoms with Crippen LogP contribution in [-0.2, 0) is 26.6 Å². The molecule has 1 fully saturated rings. The number of aliphatic carboxylic acids is 1. The highest BCUT2D eigenvalue weighted by atomic mass is 32.2. The van der Waals surface area contributed by atoms with Crippen molar-refractivity contribution in [2.75, 3.05) is 19.5 Å². The van der Waals surface area contributed by atoms with Crippen LogP contribution in [0.1, 0.15) is 25.1 Å². The van der Waals surface area contributed by atoms with Crippen molar-refractivity contribution in [2.45, 2.75) is 37.1 Å². The van der Waals surface area contributed by atoms with Gasteiger partial charge in [-0.3, -0.25) is 9.59 Å². The third-order valence-corrected chi connectivity index (χ3v) is 5.20. The molecule has 0 bridgehead atoms. The lowest BCUT2D eigenvalue weighted by Gasteiger charge is -2.37. The molecule has 26 heavy (non-hydrogen) atoms. The number of carboxylic acids is 1. The van der Waals surface area contributed by atoms with Gasteiger partial charge >= 0.3 is 5.97 Å². The van der Waals surface area contributed by atoms with Crippen LogP contribution in [0.15, 0.2) is 24.3 Å². The normalized spacial score (nSPS) is 16.5. The van der Waals surface area contributed by atoms with Crippen LogP contribution >= 0.6 is 11.8 Å². The van der Waals surface area contributed by atoms with Gasteiger partial charge in [-0.1, -0.05) is 12.1 Å². The van der Waals surface area contributed by atoms with E-state index < -0.39 is 11.5 Å².